The van der Waals surface area contributed by atoms with E-state index < -0.39 is 5.54 Å². The molecule has 0 saturated heterocycles. The largest absolute Gasteiger partial charge is 0.493 e. The van der Waals surface area contributed by atoms with Crippen molar-refractivity contribution in [2.24, 2.45) is 0 Å². The zero-order valence-electron chi connectivity index (χ0n) is 12.3. The Morgan fingerprint density at radius 3 is 2.50 bits per heavy atom. The van der Waals surface area contributed by atoms with Crippen molar-refractivity contribution < 1.29 is 14.3 Å². The van der Waals surface area contributed by atoms with E-state index in [-0.39, 0.29) is 12.3 Å². The third-order valence-corrected chi connectivity index (χ3v) is 3.18. The Hall–Kier alpha value is -2.22. The molecule has 108 valence electrons. The maximum Gasteiger partial charge on any atom is 0.225 e. The molecular formula is C15H20N2O3. The zero-order chi connectivity index (χ0) is 15.2. The lowest BCUT2D eigenvalue weighted by Gasteiger charge is -2.21. The van der Waals surface area contributed by atoms with Crippen LogP contribution in [0.5, 0.6) is 11.5 Å². The zero-order valence-corrected chi connectivity index (χ0v) is 12.3. The first-order chi connectivity index (χ1) is 9.47. The fourth-order valence-electron chi connectivity index (χ4n) is 1.72. The monoisotopic (exact) mass is 276 g/mol. The molecule has 1 aromatic carbocycles. The molecule has 0 aliphatic rings. The van der Waals surface area contributed by atoms with Crippen LogP contribution in [0, 0.1) is 11.3 Å². The number of ether oxygens (including phenoxy) is 2. The van der Waals surface area contributed by atoms with Gasteiger partial charge in [-0.3, -0.25) is 4.79 Å². The summed E-state index contributed by atoms with van der Waals surface area (Å²) in [5.41, 5.74) is -0.0234. The lowest BCUT2D eigenvalue weighted by Crippen LogP contribution is -2.44. The number of amides is 1. The van der Waals surface area contributed by atoms with E-state index in [0.717, 1.165) is 5.56 Å². The average molecular weight is 276 g/mol. The molecule has 1 rings (SSSR count). The van der Waals surface area contributed by atoms with Gasteiger partial charge in [0.05, 0.1) is 26.7 Å². The fourth-order valence-corrected chi connectivity index (χ4v) is 1.72. The van der Waals surface area contributed by atoms with Crippen LogP contribution in [0.3, 0.4) is 0 Å². The molecule has 0 spiro atoms. The minimum atomic E-state index is -0.826. The number of rotatable bonds is 6. The smallest absolute Gasteiger partial charge is 0.225 e. The first-order valence-electron chi connectivity index (χ1n) is 6.41. The SMILES string of the molecule is CC[C@](C)(C#N)NC(=O)Cc1ccc(OC)c(OC)c1. The summed E-state index contributed by atoms with van der Waals surface area (Å²) in [5, 5.41) is 11.8. The molecule has 0 aromatic heterocycles. The predicted octanol–water partition coefficient (Wildman–Crippen LogP) is 2.05. The number of methoxy groups -OCH3 is 2. The molecule has 0 radical (unpaired) electrons. The number of nitrogens with zero attached hydrogens (tertiary/aromatic N) is 1. The van der Waals surface area contributed by atoms with Gasteiger partial charge in [-0.2, -0.15) is 5.26 Å². The normalized spacial score (nSPS) is 12.9. The molecular weight excluding hydrogens is 256 g/mol. The van der Waals surface area contributed by atoms with E-state index in [9.17, 15) is 4.79 Å². The second-order valence-electron chi connectivity index (χ2n) is 4.71. The summed E-state index contributed by atoms with van der Waals surface area (Å²) in [4.78, 5) is 12.0. The van der Waals surface area contributed by atoms with Gasteiger partial charge in [-0.25, -0.2) is 0 Å². The highest BCUT2D eigenvalue weighted by Gasteiger charge is 2.23. The van der Waals surface area contributed by atoms with Gasteiger partial charge in [-0.15, -0.1) is 0 Å². The average Bonchev–Trinajstić information content (AvgIpc) is 2.46. The summed E-state index contributed by atoms with van der Waals surface area (Å²) >= 11 is 0. The third kappa shape index (κ3) is 3.89. The molecule has 0 fully saturated rings. The summed E-state index contributed by atoms with van der Waals surface area (Å²) in [6, 6.07) is 7.42. The van der Waals surface area contributed by atoms with Crippen LogP contribution in [0.4, 0.5) is 0 Å². The van der Waals surface area contributed by atoms with Gasteiger partial charge >= 0.3 is 0 Å². The molecule has 0 unspecified atom stereocenters. The molecule has 5 nitrogen and oxygen atoms in total. The summed E-state index contributed by atoms with van der Waals surface area (Å²) in [7, 11) is 3.11. The topological polar surface area (TPSA) is 71.4 Å². The second kappa shape index (κ2) is 6.80. The van der Waals surface area contributed by atoms with Gasteiger partial charge in [0.1, 0.15) is 5.54 Å². The first-order valence-corrected chi connectivity index (χ1v) is 6.41. The van der Waals surface area contributed by atoms with Crippen molar-refractivity contribution in [1.82, 2.24) is 5.32 Å². The van der Waals surface area contributed by atoms with Crippen molar-refractivity contribution >= 4 is 5.91 Å². The Morgan fingerprint density at radius 2 is 2.00 bits per heavy atom. The van der Waals surface area contributed by atoms with Gasteiger partial charge in [0.25, 0.3) is 0 Å². The quantitative estimate of drug-likeness (QED) is 0.863. The Labute approximate surface area is 119 Å². The van der Waals surface area contributed by atoms with Gasteiger partial charge in [-0.05, 0) is 31.0 Å². The summed E-state index contributed by atoms with van der Waals surface area (Å²) < 4.78 is 10.3. The van der Waals surface area contributed by atoms with E-state index in [4.69, 9.17) is 14.7 Å². The van der Waals surface area contributed by atoms with Crippen LogP contribution >= 0.6 is 0 Å². The van der Waals surface area contributed by atoms with E-state index in [1.54, 1.807) is 39.3 Å². The Balaban J connectivity index is 2.79. The lowest BCUT2D eigenvalue weighted by molar-refractivity contribution is -0.121. The Bertz CT molecular complexity index is 522. The van der Waals surface area contributed by atoms with Gasteiger partial charge in [0, 0.05) is 0 Å². The minimum absolute atomic E-state index is 0.192. The van der Waals surface area contributed by atoms with Crippen molar-refractivity contribution in [3.8, 4) is 17.6 Å². The molecule has 0 saturated carbocycles. The number of nitriles is 1. The number of carbonyl (C=O) groups excluding carboxylic acids is 1. The predicted molar refractivity (Wildman–Crippen MR) is 75.7 cm³/mol. The Kier molecular flexibility index (Phi) is 5.39. The van der Waals surface area contributed by atoms with E-state index in [2.05, 4.69) is 11.4 Å². The molecule has 1 N–H and O–H groups in total. The maximum atomic E-state index is 12.0. The van der Waals surface area contributed by atoms with Crippen molar-refractivity contribution in [3.05, 3.63) is 23.8 Å². The van der Waals surface area contributed by atoms with Crippen LogP contribution in [0.1, 0.15) is 25.8 Å². The van der Waals surface area contributed by atoms with Crippen LogP contribution in [-0.2, 0) is 11.2 Å². The molecule has 1 amide bonds. The van der Waals surface area contributed by atoms with Crippen LogP contribution in [0.25, 0.3) is 0 Å². The van der Waals surface area contributed by atoms with Gasteiger partial charge in [0.2, 0.25) is 5.91 Å². The maximum absolute atomic E-state index is 12.0. The molecule has 5 heteroatoms. The number of benzene rings is 1. The number of carbonyl (C=O) groups is 1. The molecule has 0 heterocycles. The highest BCUT2D eigenvalue weighted by Crippen LogP contribution is 2.27. The molecule has 0 aliphatic heterocycles. The highest BCUT2D eigenvalue weighted by molar-refractivity contribution is 5.80. The third-order valence-electron chi connectivity index (χ3n) is 3.18. The van der Waals surface area contributed by atoms with Gasteiger partial charge in [0.15, 0.2) is 11.5 Å². The van der Waals surface area contributed by atoms with Crippen molar-refractivity contribution in [3.63, 3.8) is 0 Å². The highest BCUT2D eigenvalue weighted by atomic mass is 16.5. The summed E-state index contributed by atoms with van der Waals surface area (Å²) in [6.07, 6.45) is 0.749. The van der Waals surface area contributed by atoms with Crippen molar-refractivity contribution in [1.29, 1.82) is 5.26 Å². The van der Waals surface area contributed by atoms with Crippen molar-refractivity contribution in [2.45, 2.75) is 32.2 Å². The van der Waals surface area contributed by atoms with Crippen LogP contribution in [0.15, 0.2) is 18.2 Å². The van der Waals surface area contributed by atoms with E-state index in [0.29, 0.717) is 17.9 Å². The Morgan fingerprint density at radius 1 is 1.35 bits per heavy atom. The van der Waals surface area contributed by atoms with Crippen LogP contribution in [0.2, 0.25) is 0 Å². The molecule has 20 heavy (non-hydrogen) atoms. The van der Waals surface area contributed by atoms with Crippen LogP contribution in [-0.4, -0.2) is 25.7 Å². The molecule has 1 atom stereocenters. The van der Waals surface area contributed by atoms with Crippen LogP contribution < -0.4 is 14.8 Å². The molecule has 0 aliphatic carbocycles. The minimum Gasteiger partial charge on any atom is -0.493 e. The van der Waals surface area contributed by atoms with E-state index in [1.165, 1.54) is 0 Å². The fraction of sp³-hybridized carbons (Fsp3) is 0.467. The van der Waals surface area contributed by atoms with Crippen molar-refractivity contribution in [2.75, 3.05) is 14.2 Å². The lowest BCUT2D eigenvalue weighted by atomic mass is 10.0. The van der Waals surface area contributed by atoms with Gasteiger partial charge < -0.3 is 14.8 Å². The van der Waals surface area contributed by atoms with E-state index in [1.807, 2.05) is 6.92 Å². The number of nitrogens with one attached hydrogen (secondary N) is 1. The first kappa shape index (κ1) is 15.8. The number of hydrogen-bond donors (Lipinski definition) is 1. The summed E-state index contributed by atoms with van der Waals surface area (Å²) in [5.74, 6) is 1.01. The van der Waals surface area contributed by atoms with E-state index >= 15 is 0 Å². The summed E-state index contributed by atoms with van der Waals surface area (Å²) in [6.45, 7) is 3.57. The standard InChI is InChI=1S/C15H20N2O3/c1-5-15(2,10-16)17-14(18)9-11-6-7-12(19-3)13(8-11)20-4/h6-8H,5,9H2,1-4H3,(H,17,18)/t15-/m1/s1. The molecule has 0 bridgehead atoms. The van der Waals surface area contributed by atoms with Gasteiger partial charge in [-0.1, -0.05) is 13.0 Å². The number of hydrogen-bond acceptors (Lipinski definition) is 4. The molecule has 1 aromatic rings. The second-order valence-corrected chi connectivity index (χ2v) is 4.71.